The first kappa shape index (κ1) is 15.3. The molecule has 0 saturated carbocycles. The quantitative estimate of drug-likeness (QED) is 0.612. The lowest BCUT2D eigenvalue weighted by molar-refractivity contribution is -0.402. The third-order valence-electron chi connectivity index (χ3n) is 1.96. The van der Waals surface area contributed by atoms with Crippen molar-refractivity contribution in [3.05, 3.63) is 67.9 Å². The molecule has 0 unspecified atom stereocenters. The van der Waals surface area contributed by atoms with E-state index in [4.69, 9.17) is 15.3 Å². The smallest absolute Gasteiger partial charge is 0.277 e. The molecule has 18 heavy (non-hydrogen) atoms. The van der Waals surface area contributed by atoms with Crippen LogP contribution in [0.2, 0.25) is 0 Å². The molecule has 0 radical (unpaired) electrons. The van der Waals surface area contributed by atoms with Gasteiger partial charge in [-0.1, -0.05) is 30.3 Å². The van der Waals surface area contributed by atoms with Gasteiger partial charge in [0.2, 0.25) is 0 Å². The van der Waals surface area contributed by atoms with Crippen molar-refractivity contribution in [1.29, 1.82) is 0 Å². The summed E-state index contributed by atoms with van der Waals surface area (Å²) in [4.78, 5) is 18.5. The monoisotopic (exact) mass is 253 g/mol. The Morgan fingerprint density at radius 1 is 0.833 bits per heavy atom. The Morgan fingerprint density at radius 3 is 1.89 bits per heavy atom. The number of rotatable bonds is 1. The second-order valence-electron chi connectivity index (χ2n) is 2.98. The summed E-state index contributed by atoms with van der Waals surface area (Å²) < 4.78 is 0. The first-order chi connectivity index (χ1) is 8.02. The number of fused-ring (bicyclic) bond motifs is 1. The molecule has 0 aromatic heterocycles. The Labute approximate surface area is 101 Å². The maximum atomic E-state index is 10.6. The molecule has 0 amide bonds. The minimum absolute atomic E-state index is 0. The van der Waals surface area contributed by atoms with Gasteiger partial charge < -0.3 is 21.5 Å². The van der Waals surface area contributed by atoms with E-state index >= 15 is 0 Å². The Balaban J connectivity index is 0.000000512. The average Bonchev–Trinajstić information content (AvgIpc) is 2.27. The third kappa shape index (κ3) is 4.02. The number of non-ortho nitro benzene ring substituents is 1. The van der Waals surface area contributed by atoms with Crippen molar-refractivity contribution in [2.75, 3.05) is 0 Å². The molecule has 8 nitrogen and oxygen atoms in total. The van der Waals surface area contributed by atoms with Crippen LogP contribution in [0.25, 0.3) is 10.8 Å². The van der Waals surface area contributed by atoms with Crippen molar-refractivity contribution >= 4 is 16.5 Å². The first-order valence-corrected chi connectivity index (χ1v) is 4.46. The molecular formula is C10H11N3O5. The van der Waals surface area contributed by atoms with Crippen LogP contribution < -0.4 is 6.15 Å². The molecule has 0 spiro atoms. The van der Waals surface area contributed by atoms with E-state index in [-0.39, 0.29) is 16.8 Å². The van der Waals surface area contributed by atoms with Crippen molar-refractivity contribution in [2.24, 2.45) is 0 Å². The van der Waals surface area contributed by atoms with Gasteiger partial charge in [-0.25, -0.2) is 0 Å². The summed E-state index contributed by atoms with van der Waals surface area (Å²) in [5.41, 5.74) is 0.165. The van der Waals surface area contributed by atoms with Crippen molar-refractivity contribution in [2.45, 2.75) is 0 Å². The summed E-state index contributed by atoms with van der Waals surface area (Å²) in [7, 11) is 0. The number of benzene rings is 2. The second-order valence-corrected chi connectivity index (χ2v) is 2.98. The fraction of sp³-hybridized carbons (Fsp3) is 0. The van der Waals surface area contributed by atoms with Crippen LogP contribution in [0.4, 0.5) is 5.69 Å². The summed E-state index contributed by atoms with van der Waals surface area (Å²) in [5, 5.41) is 27.0. The van der Waals surface area contributed by atoms with Crippen LogP contribution in [0.1, 0.15) is 0 Å². The van der Waals surface area contributed by atoms with Crippen LogP contribution in [-0.4, -0.2) is 10.0 Å². The molecule has 0 aliphatic rings. The molecule has 0 aliphatic carbocycles. The molecular weight excluding hydrogens is 242 g/mol. The molecule has 8 heteroatoms. The number of nitro groups is 1. The van der Waals surface area contributed by atoms with Gasteiger partial charge in [0, 0.05) is 6.07 Å². The fourth-order valence-electron chi connectivity index (χ4n) is 1.37. The molecule has 0 fully saturated rings. The number of hydrogen-bond donors (Lipinski definition) is 1. The van der Waals surface area contributed by atoms with E-state index in [1.807, 2.05) is 18.2 Å². The van der Waals surface area contributed by atoms with Crippen molar-refractivity contribution in [1.82, 2.24) is 6.15 Å². The molecule has 2 aromatic carbocycles. The lowest BCUT2D eigenvalue weighted by atomic mass is 10.1. The van der Waals surface area contributed by atoms with Gasteiger partial charge >= 0.3 is 0 Å². The summed E-state index contributed by atoms with van der Waals surface area (Å²) in [6, 6.07) is 12.4. The maximum Gasteiger partial charge on any atom is 0.277 e. The van der Waals surface area contributed by atoms with Gasteiger partial charge in [-0.05, 0) is 11.5 Å². The number of hydrogen-bond acceptors (Lipinski definition) is 5. The highest BCUT2D eigenvalue weighted by Gasteiger charge is 2.08. The Hall–Kier alpha value is -2.74. The van der Waals surface area contributed by atoms with Crippen molar-refractivity contribution in [3.63, 3.8) is 0 Å². The van der Waals surface area contributed by atoms with Crippen molar-refractivity contribution in [3.8, 4) is 0 Å². The van der Waals surface area contributed by atoms with E-state index in [1.54, 1.807) is 18.2 Å². The van der Waals surface area contributed by atoms with E-state index in [0.29, 0.717) is 5.39 Å². The fourth-order valence-corrected chi connectivity index (χ4v) is 1.37. The molecule has 0 saturated heterocycles. The topological polar surface area (TPSA) is 146 Å². The van der Waals surface area contributed by atoms with Gasteiger partial charge in [0.1, 0.15) is 0 Å². The van der Waals surface area contributed by atoms with E-state index in [9.17, 15) is 10.1 Å². The van der Waals surface area contributed by atoms with Gasteiger partial charge in [0.25, 0.3) is 5.69 Å². The number of nitro benzene ring substituents is 1. The molecule has 0 heterocycles. The normalized spacial score (nSPS) is 8.67. The molecule has 96 valence electrons. The van der Waals surface area contributed by atoms with Crippen molar-refractivity contribution < 1.29 is 10.0 Å². The van der Waals surface area contributed by atoms with Crippen LogP contribution in [0.15, 0.2) is 42.5 Å². The largest absolute Gasteiger partial charge is 0.369 e. The second kappa shape index (κ2) is 6.76. The zero-order chi connectivity index (χ0) is 12.8. The van der Waals surface area contributed by atoms with Gasteiger partial charge in [0.05, 0.1) is 15.4 Å². The van der Waals surface area contributed by atoms with Gasteiger partial charge in [-0.3, -0.25) is 10.1 Å². The zero-order valence-electron chi connectivity index (χ0n) is 9.48. The predicted molar refractivity (Wildman–Crippen MR) is 66.9 cm³/mol. The Morgan fingerprint density at radius 2 is 1.33 bits per heavy atom. The van der Waals surface area contributed by atoms with Crippen LogP contribution in [0.5, 0.6) is 0 Å². The SMILES string of the molecule is O=[N+]([O-])[O-].O=[N+]([O-])c1cccc2ccccc12.[NH4+]. The average molecular weight is 253 g/mol. The van der Waals surface area contributed by atoms with Gasteiger partial charge in [-0.15, -0.1) is 0 Å². The molecule has 0 bridgehead atoms. The van der Waals surface area contributed by atoms with Gasteiger partial charge in [0.15, 0.2) is 0 Å². The van der Waals surface area contributed by atoms with Crippen LogP contribution in [-0.2, 0) is 0 Å². The van der Waals surface area contributed by atoms with E-state index in [2.05, 4.69) is 0 Å². The van der Waals surface area contributed by atoms with Crippen LogP contribution >= 0.6 is 0 Å². The minimum atomic E-state index is -1.75. The predicted octanol–water partition coefficient (Wildman–Crippen LogP) is 2.89. The summed E-state index contributed by atoms with van der Waals surface area (Å²) >= 11 is 0. The van der Waals surface area contributed by atoms with E-state index in [1.165, 1.54) is 6.07 Å². The minimum Gasteiger partial charge on any atom is -0.369 e. The Bertz CT molecular complexity index is 549. The summed E-state index contributed by atoms with van der Waals surface area (Å²) in [6.07, 6.45) is 0. The standard InChI is InChI=1S/C10H7NO2.NO3.H3N/c12-11(13)10-7-3-5-8-4-1-2-6-9(8)10;2-1(3)4;/h1-7H;;1H3/q;-1;/p+1. The molecule has 2 aromatic rings. The maximum absolute atomic E-state index is 10.6. The summed E-state index contributed by atoms with van der Waals surface area (Å²) in [5.74, 6) is 0. The van der Waals surface area contributed by atoms with E-state index < -0.39 is 5.09 Å². The number of nitrogens with zero attached hydrogens (tertiary/aromatic N) is 2. The third-order valence-corrected chi connectivity index (χ3v) is 1.96. The summed E-state index contributed by atoms with van der Waals surface area (Å²) in [6.45, 7) is 0. The highest BCUT2D eigenvalue weighted by atomic mass is 16.9. The highest BCUT2D eigenvalue weighted by Crippen LogP contribution is 2.24. The first-order valence-electron chi connectivity index (χ1n) is 4.46. The van der Waals surface area contributed by atoms with Crippen LogP contribution in [0.3, 0.4) is 0 Å². The van der Waals surface area contributed by atoms with E-state index in [0.717, 1.165) is 5.39 Å². The lowest BCUT2D eigenvalue weighted by Gasteiger charge is -1.97. The highest BCUT2D eigenvalue weighted by molar-refractivity contribution is 5.90. The lowest BCUT2D eigenvalue weighted by Crippen LogP contribution is -1.88. The van der Waals surface area contributed by atoms with Crippen LogP contribution in [0, 0.1) is 25.4 Å². The van der Waals surface area contributed by atoms with Gasteiger partial charge in [-0.2, -0.15) is 0 Å². The molecule has 4 N–H and O–H groups in total. The molecule has 0 atom stereocenters. The number of quaternary nitrogens is 1. The Kier molecular flexibility index (Phi) is 5.73. The zero-order valence-corrected chi connectivity index (χ0v) is 9.48. The molecule has 0 aliphatic heterocycles. The molecule has 2 rings (SSSR count).